The van der Waals surface area contributed by atoms with E-state index in [4.69, 9.17) is 9.47 Å². The number of morpholine rings is 1. The molecular formula is C21H24N2O4. The molecule has 2 aromatic carbocycles. The quantitative estimate of drug-likeness (QED) is 0.794. The summed E-state index contributed by atoms with van der Waals surface area (Å²) in [4.78, 5) is 26.9. The lowest BCUT2D eigenvalue weighted by Gasteiger charge is -2.28. The van der Waals surface area contributed by atoms with Gasteiger partial charge in [0.15, 0.2) is 5.78 Å². The van der Waals surface area contributed by atoms with Crippen molar-refractivity contribution in [2.75, 3.05) is 44.9 Å². The van der Waals surface area contributed by atoms with Gasteiger partial charge < -0.3 is 19.7 Å². The van der Waals surface area contributed by atoms with E-state index in [9.17, 15) is 9.59 Å². The number of carbonyl (C=O) groups excluding carboxylic acids is 2. The van der Waals surface area contributed by atoms with Crippen LogP contribution in [0.1, 0.15) is 26.3 Å². The van der Waals surface area contributed by atoms with Crippen LogP contribution in [0.5, 0.6) is 5.75 Å². The summed E-state index contributed by atoms with van der Waals surface area (Å²) in [7, 11) is 1.59. The number of hydrogen-bond donors (Lipinski definition) is 1. The summed E-state index contributed by atoms with van der Waals surface area (Å²) in [5.74, 6) is 0.323. The van der Waals surface area contributed by atoms with E-state index in [0.717, 1.165) is 43.3 Å². The monoisotopic (exact) mass is 368 g/mol. The van der Waals surface area contributed by atoms with E-state index in [-0.39, 0.29) is 18.2 Å². The predicted octanol–water partition coefficient (Wildman–Crippen LogP) is 2.45. The fourth-order valence-electron chi connectivity index (χ4n) is 3.06. The van der Waals surface area contributed by atoms with Gasteiger partial charge in [0.1, 0.15) is 5.75 Å². The van der Waals surface area contributed by atoms with Crippen LogP contribution in [0.25, 0.3) is 0 Å². The number of nitrogens with zero attached hydrogens (tertiary/aromatic N) is 1. The molecular weight excluding hydrogens is 344 g/mol. The van der Waals surface area contributed by atoms with Crippen molar-refractivity contribution < 1.29 is 19.1 Å². The van der Waals surface area contributed by atoms with Crippen LogP contribution in [0.4, 0.5) is 5.69 Å². The number of aryl methyl sites for hydroxylation is 1. The van der Waals surface area contributed by atoms with E-state index >= 15 is 0 Å². The summed E-state index contributed by atoms with van der Waals surface area (Å²) in [5.41, 5.74) is 3.03. The van der Waals surface area contributed by atoms with Gasteiger partial charge in [-0.05, 0) is 55.0 Å². The lowest BCUT2D eigenvalue weighted by atomic mass is 10.1. The number of carbonyl (C=O) groups is 2. The van der Waals surface area contributed by atoms with Crippen molar-refractivity contribution in [1.29, 1.82) is 0 Å². The van der Waals surface area contributed by atoms with Crippen LogP contribution in [0, 0.1) is 6.92 Å². The fourth-order valence-corrected chi connectivity index (χ4v) is 3.06. The molecule has 3 rings (SSSR count). The van der Waals surface area contributed by atoms with Crippen LogP contribution in [-0.2, 0) is 4.74 Å². The van der Waals surface area contributed by atoms with Crippen molar-refractivity contribution in [3.05, 3.63) is 59.2 Å². The summed E-state index contributed by atoms with van der Waals surface area (Å²) in [5, 5.41) is 2.68. The SMILES string of the molecule is COc1ccc(C(=O)NCC(=O)c2ccc(N3CCOCC3)cc2)cc1C. The second kappa shape index (κ2) is 8.68. The van der Waals surface area contributed by atoms with Gasteiger partial charge in [0.05, 0.1) is 26.9 Å². The van der Waals surface area contributed by atoms with Gasteiger partial charge in [0.25, 0.3) is 5.91 Å². The molecule has 1 heterocycles. The topological polar surface area (TPSA) is 67.9 Å². The van der Waals surface area contributed by atoms with Crippen LogP contribution in [0.15, 0.2) is 42.5 Å². The van der Waals surface area contributed by atoms with Gasteiger partial charge in [-0.2, -0.15) is 0 Å². The molecule has 1 amide bonds. The van der Waals surface area contributed by atoms with Crippen molar-refractivity contribution >= 4 is 17.4 Å². The lowest BCUT2D eigenvalue weighted by molar-refractivity contribution is 0.0904. The van der Waals surface area contributed by atoms with Crippen molar-refractivity contribution in [2.45, 2.75) is 6.92 Å². The van der Waals surface area contributed by atoms with E-state index in [1.165, 1.54) is 0 Å². The zero-order chi connectivity index (χ0) is 19.2. The van der Waals surface area contributed by atoms with Gasteiger partial charge >= 0.3 is 0 Å². The summed E-state index contributed by atoms with van der Waals surface area (Å²) < 4.78 is 10.5. The lowest BCUT2D eigenvalue weighted by Crippen LogP contribution is -2.36. The normalized spacial score (nSPS) is 13.9. The minimum atomic E-state index is -0.279. The van der Waals surface area contributed by atoms with Gasteiger partial charge in [-0.1, -0.05) is 0 Å². The first-order valence-electron chi connectivity index (χ1n) is 8.97. The third-order valence-corrected chi connectivity index (χ3v) is 4.63. The molecule has 1 N–H and O–H groups in total. The number of hydrogen-bond acceptors (Lipinski definition) is 5. The Morgan fingerprint density at radius 2 is 1.74 bits per heavy atom. The van der Waals surface area contributed by atoms with E-state index in [2.05, 4.69) is 10.2 Å². The van der Waals surface area contributed by atoms with Crippen molar-refractivity contribution in [3.63, 3.8) is 0 Å². The van der Waals surface area contributed by atoms with Gasteiger partial charge in [-0.25, -0.2) is 0 Å². The second-order valence-corrected chi connectivity index (χ2v) is 6.44. The Bertz CT molecular complexity index is 811. The number of rotatable bonds is 6. The highest BCUT2D eigenvalue weighted by molar-refractivity contribution is 6.02. The summed E-state index contributed by atoms with van der Waals surface area (Å²) in [6, 6.07) is 12.7. The maximum absolute atomic E-state index is 12.4. The van der Waals surface area contributed by atoms with E-state index in [1.807, 2.05) is 19.1 Å². The zero-order valence-electron chi connectivity index (χ0n) is 15.7. The average molecular weight is 368 g/mol. The largest absolute Gasteiger partial charge is 0.496 e. The van der Waals surface area contributed by atoms with Gasteiger partial charge in [-0.15, -0.1) is 0 Å². The number of amides is 1. The number of nitrogens with one attached hydrogen (secondary N) is 1. The maximum Gasteiger partial charge on any atom is 0.251 e. The molecule has 1 fully saturated rings. The second-order valence-electron chi connectivity index (χ2n) is 6.44. The number of ether oxygens (including phenoxy) is 2. The molecule has 142 valence electrons. The van der Waals surface area contributed by atoms with Crippen LogP contribution in [0.3, 0.4) is 0 Å². The molecule has 2 aromatic rings. The molecule has 27 heavy (non-hydrogen) atoms. The third-order valence-electron chi connectivity index (χ3n) is 4.63. The Hall–Kier alpha value is -2.86. The summed E-state index contributed by atoms with van der Waals surface area (Å²) in [6.07, 6.45) is 0. The molecule has 0 aliphatic carbocycles. The molecule has 1 aliphatic rings. The Morgan fingerprint density at radius 3 is 2.37 bits per heavy atom. The molecule has 0 radical (unpaired) electrons. The molecule has 0 aromatic heterocycles. The molecule has 1 aliphatic heterocycles. The number of benzene rings is 2. The minimum Gasteiger partial charge on any atom is -0.496 e. The fraction of sp³-hybridized carbons (Fsp3) is 0.333. The van der Waals surface area contributed by atoms with E-state index in [1.54, 1.807) is 37.4 Å². The Kier molecular flexibility index (Phi) is 6.08. The average Bonchev–Trinajstić information content (AvgIpc) is 2.72. The standard InChI is InChI=1S/C21H24N2O4/c1-15-13-17(5-8-20(15)26-2)21(25)22-14-19(24)16-3-6-18(7-4-16)23-9-11-27-12-10-23/h3-8,13H,9-12,14H2,1-2H3,(H,22,25). The smallest absolute Gasteiger partial charge is 0.251 e. The molecule has 0 bridgehead atoms. The van der Waals surface area contributed by atoms with Crippen molar-refractivity contribution in [1.82, 2.24) is 5.32 Å². The molecule has 6 heteroatoms. The van der Waals surface area contributed by atoms with Crippen LogP contribution in [0.2, 0.25) is 0 Å². The van der Waals surface area contributed by atoms with Crippen LogP contribution >= 0.6 is 0 Å². The van der Waals surface area contributed by atoms with E-state index < -0.39 is 0 Å². The number of ketones is 1. The molecule has 1 saturated heterocycles. The van der Waals surface area contributed by atoms with Crippen LogP contribution in [-0.4, -0.2) is 51.6 Å². The molecule has 0 atom stereocenters. The predicted molar refractivity (Wildman–Crippen MR) is 104 cm³/mol. The molecule has 6 nitrogen and oxygen atoms in total. The van der Waals surface area contributed by atoms with Crippen molar-refractivity contribution in [2.24, 2.45) is 0 Å². The first-order chi connectivity index (χ1) is 13.1. The first kappa shape index (κ1) is 18.9. The van der Waals surface area contributed by atoms with E-state index in [0.29, 0.717) is 11.1 Å². The van der Waals surface area contributed by atoms with Gasteiger partial charge in [0, 0.05) is 29.9 Å². The molecule has 0 saturated carbocycles. The van der Waals surface area contributed by atoms with Crippen molar-refractivity contribution in [3.8, 4) is 5.75 Å². The number of anilines is 1. The Balaban J connectivity index is 1.57. The highest BCUT2D eigenvalue weighted by Crippen LogP contribution is 2.19. The summed E-state index contributed by atoms with van der Waals surface area (Å²) in [6.45, 7) is 4.97. The number of Topliss-reactive ketones (excluding diaryl/α,β-unsaturated/α-hetero) is 1. The highest BCUT2D eigenvalue weighted by Gasteiger charge is 2.14. The maximum atomic E-state index is 12.4. The van der Waals surface area contributed by atoms with Gasteiger partial charge in [-0.3, -0.25) is 9.59 Å². The first-order valence-corrected chi connectivity index (χ1v) is 8.97. The Morgan fingerprint density at radius 1 is 1.07 bits per heavy atom. The molecule has 0 spiro atoms. The number of methoxy groups -OCH3 is 1. The summed E-state index contributed by atoms with van der Waals surface area (Å²) >= 11 is 0. The minimum absolute atomic E-state index is 0.0409. The zero-order valence-corrected chi connectivity index (χ0v) is 15.7. The highest BCUT2D eigenvalue weighted by atomic mass is 16.5. The van der Waals surface area contributed by atoms with Gasteiger partial charge in [0.2, 0.25) is 0 Å². The Labute approximate surface area is 159 Å². The molecule has 0 unspecified atom stereocenters. The third kappa shape index (κ3) is 4.65. The van der Waals surface area contributed by atoms with Crippen LogP contribution < -0.4 is 15.0 Å².